The molecule has 0 radical (unpaired) electrons. The maximum atomic E-state index is 3.99. The van der Waals surface area contributed by atoms with Crippen LogP contribution in [0.4, 0.5) is 0 Å². The zero-order valence-electron chi connectivity index (χ0n) is 5.44. The number of aromatic amines is 1. The van der Waals surface area contributed by atoms with Gasteiger partial charge in [0.1, 0.15) is 0 Å². The Hall–Kier alpha value is -0.350. The summed E-state index contributed by atoms with van der Waals surface area (Å²) in [6, 6.07) is 1.96. The zero-order valence-corrected chi connectivity index (χ0v) is 8.61. The summed E-state index contributed by atoms with van der Waals surface area (Å²) < 4.78 is 2.01. The van der Waals surface area contributed by atoms with Crippen LogP contribution in [0.3, 0.4) is 0 Å². The third-order valence-corrected chi connectivity index (χ3v) is 3.45. The Morgan fingerprint density at radius 2 is 2.18 bits per heavy atom. The monoisotopic (exact) mass is 274 g/mol. The van der Waals surface area contributed by atoms with E-state index in [0.717, 1.165) is 20.0 Å². The lowest BCUT2D eigenvalue weighted by Gasteiger charge is -1.85. The molecule has 0 spiro atoms. The van der Waals surface area contributed by atoms with Crippen molar-refractivity contribution >= 4 is 42.8 Å². The van der Waals surface area contributed by atoms with Gasteiger partial charge in [-0.3, -0.25) is 4.98 Å². The van der Waals surface area contributed by atoms with E-state index >= 15 is 0 Å². The van der Waals surface area contributed by atoms with Crippen molar-refractivity contribution in [3.8, 4) is 0 Å². The number of hydrogen-bond donors (Lipinski definition) is 1. The number of aromatic nitrogens is 2. The highest BCUT2D eigenvalue weighted by molar-refractivity contribution is 9.13. The molecule has 0 atom stereocenters. The standard InChI is InChI=1S/C7H4Br2N2/c8-6-4-1-2-10-3-5(4)11-7(6)9/h1-3,11H. The maximum Gasteiger partial charge on any atom is 0.0975 e. The Bertz CT molecular complexity index is 394. The molecule has 11 heavy (non-hydrogen) atoms. The number of nitrogens with one attached hydrogen (secondary N) is 1. The minimum Gasteiger partial charge on any atom is -0.347 e. The van der Waals surface area contributed by atoms with E-state index in [2.05, 4.69) is 41.8 Å². The van der Waals surface area contributed by atoms with Crippen LogP contribution in [0.15, 0.2) is 27.5 Å². The molecule has 2 heterocycles. The van der Waals surface area contributed by atoms with Gasteiger partial charge in [0.05, 0.1) is 20.8 Å². The number of H-pyrrole nitrogens is 1. The van der Waals surface area contributed by atoms with Crippen molar-refractivity contribution in [1.82, 2.24) is 9.97 Å². The van der Waals surface area contributed by atoms with Gasteiger partial charge in [-0.1, -0.05) is 0 Å². The summed E-state index contributed by atoms with van der Waals surface area (Å²) in [7, 11) is 0. The van der Waals surface area contributed by atoms with Crippen molar-refractivity contribution in [2.45, 2.75) is 0 Å². The number of pyridine rings is 1. The second-order valence-corrected chi connectivity index (χ2v) is 3.76. The van der Waals surface area contributed by atoms with E-state index < -0.39 is 0 Å². The highest BCUT2D eigenvalue weighted by atomic mass is 79.9. The number of rotatable bonds is 0. The molecule has 0 aromatic carbocycles. The van der Waals surface area contributed by atoms with Crippen LogP contribution in [0, 0.1) is 0 Å². The fourth-order valence-corrected chi connectivity index (χ4v) is 1.85. The Kier molecular flexibility index (Phi) is 1.73. The van der Waals surface area contributed by atoms with Gasteiger partial charge >= 0.3 is 0 Å². The van der Waals surface area contributed by atoms with Crippen molar-refractivity contribution in [1.29, 1.82) is 0 Å². The minimum absolute atomic E-state index is 0.959. The molecule has 0 aliphatic heterocycles. The Balaban J connectivity index is 2.92. The summed E-state index contributed by atoms with van der Waals surface area (Å²) in [6.07, 6.45) is 3.57. The van der Waals surface area contributed by atoms with E-state index in [1.165, 1.54) is 0 Å². The fraction of sp³-hybridized carbons (Fsp3) is 0. The van der Waals surface area contributed by atoms with Crippen molar-refractivity contribution in [3.05, 3.63) is 27.5 Å². The first-order valence-electron chi connectivity index (χ1n) is 3.06. The molecule has 2 aromatic rings. The molecule has 0 aliphatic rings. The largest absolute Gasteiger partial charge is 0.347 e. The van der Waals surface area contributed by atoms with E-state index in [4.69, 9.17) is 0 Å². The predicted molar refractivity (Wildman–Crippen MR) is 51.5 cm³/mol. The van der Waals surface area contributed by atoms with E-state index in [1.54, 1.807) is 12.4 Å². The molecule has 0 saturated carbocycles. The molecule has 0 aliphatic carbocycles. The molecule has 4 heteroatoms. The Morgan fingerprint density at radius 1 is 1.36 bits per heavy atom. The van der Waals surface area contributed by atoms with E-state index in [0.29, 0.717) is 0 Å². The van der Waals surface area contributed by atoms with Crippen LogP contribution >= 0.6 is 31.9 Å². The molecule has 56 valence electrons. The highest BCUT2D eigenvalue weighted by Crippen LogP contribution is 2.30. The van der Waals surface area contributed by atoms with Gasteiger partial charge in [0.2, 0.25) is 0 Å². The highest BCUT2D eigenvalue weighted by Gasteiger charge is 2.04. The molecule has 2 aromatic heterocycles. The van der Waals surface area contributed by atoms with E-state index in [-0.39, 0.29) is 0 Å². The summed E-state index contributed by atoms with van der Waals surface area (Å²) >= 11 is 6.82. The van der Waals surface area contributed by atoms with Crippen LogP contribution in [0.1, 0.15) is 0 Å². The van der Waals surface area contributed by atoms with Crippen LogP contribution in [-0.4, -0.2) is 9.97 Å². The van der Waals surface area contributed by atoms with Crippen molar-refractivity contribution in [3.63, 3.8) is 0 Å². The lowest BCUT2D eigenvalue weighted by molar-refractivity contribution is 1.33. The van der Waals surface area contributed by atoms with Gasteiger partial charge < -0.3 is 4.98 Å². The summed E-state index contributed by atoms with van der Waals surface area (Å²) in [5, 5.41) is 1.15. The van der Waals surface area contributed by atoms with Crippen LogP contribution in [-0.2, 0) is 0 Å². The maximum absolute atomic E-state index is 3.99. The van der Waals surface area contributed by atoms with E-state index in [9.17, 15) is 0 Å². The first-order valence-corrected chi connectivity index (χ1v) is 4.64. The predicted octanol–water partition coefficient (Wildman–Crippen LogP) is 3.09. The topological polar surface area (TPSA) is 28.7 Å². The molecule has 2 rings (SSSR count). The summed E-state index contributed by atoms with van der Waals surface area (Å²) in [5.74, 6) is 0. The SMILES string of the molecule is Brc1[nH]c2cnccc2c1Br. The average Bonchev–Trinajstić information content (AvgIpc) is 2.30. The first kappa shape index (κ1) is 7.31. The van der Waals surface area contributed by atoms with Crippen molar-refractivity contribution in [2.75, 3.05) is 0 Å². The van der Waals surface area contributed by atoms with Gasteiger partial charge in [0.25, 0.3) is 0 Å². The Labute approximate surface area is 80.3 Å². The van der Waals surface area contributed by atoms with Gasteiger partial charge in [-0.15, -0.1) is 0 Å². The third-order valence-electron chi connectivity index (χ3n) is 1.49. The first-order chi connectivity index (χ1) is 5.29. The number of fused-ring (bicyclic) bond motifs is 1. The molecule has 2 nitrogen and oxygen atoms in total. The van der Waals surface area contributed by atoms with Crippen LogP contribution in [0.2, 0.25) is 0 Å². The zero-order chi connectivity index (χ0) is 7.84. The summed E-state index contributed by atoms with van der Waals surface area (Å²) in [5.41, 5.74) is 1.03. The second-order valence-electron chi connectivity index (χ2n) is 2.17. The van der Waals surface area contributed by atoms with Gasteiger partial charge in [-0.05, 0) is 37.9 Å². The van der Waals surface area contributed by atoms with E-state index in [1.807, 2.05) is 6.07 Å². The molecular formula is C7H4Br2N2. The normalized spacial score (nSPS) is 10.7. The molecule has 0 amide bonds. The lowest BCUT2D eigenvalue weighted by Crippen LogP contribution is -1.69. The van der Waals surface area contributed by atoms with Crippen molar-refractivity contribution in [2.24, 2.45) is 0 Å². The lowest BCUT2D eigenvalue weighted by atomic mass is 10.3. The average molecular weight is 276 g/mol. The molecule has 1 N–H and O–H groups in total. The molecule has 0 fully saturated rings. The van der Waals surface area contributed by atoms with Crippen LogP contribution in [0.25, 0.3) is 10.9 Å². The molecule has 0 unspecified atom stereocenters. The van der Waals surface area contributed by atoms with Crippen molar-refractivity contribution < 1.29 is 0 Å². The fourth-order valence-electron chi connectivity index (χ4n) is 0.977. The van der Waals surface area contributed by atoms with Crippen LogP contribution in [0.5, 0.6) is 0 Å². The quantitative estimate of drug-likeness (QED) is 0.786. The molecular weight excluding hydrogens is 272 g/mol. The number of hydrogen-bond acceptors (Lipinski definition) is 1. The summed E-state index contributed by atoms with van der Waals surface area (Å²) in [6.45, 7) is 0. The van der Waals surface area contributed by atoms with Gasteiger partial charge in [-0.2, -0.15) is 0 Å². The molecule has 0 saturated heterocycles. The smallest absolute Gasteiger partial charge is 0.0975 e. The number of nitrogens with zero attached hydrogens (tertiary/aromatic N) is 1. The Morgan fingerprint density at radius 3 is 2.91 bits per heavy atom. The number of halogens is 2. The summed E-state index contributed by atoms with van der Waals surface area (Å²) in [4.78, 5) is 7.13. The van der Waals surface area contributed by atoms with Gasteiger partial charge in [-0.25, -0.2) is 0 Å². The second kappa shape index (κ2) is 2.60. The van der Waals surface area contributed by atoms with Gasteiger partial charge in [0, 0.05) is 11.6 Å². The molecule has 0 bridgehead atoms. The van der Waals surface area contributed by atoms with Crippen LogP contribution < -0.4 is 0 Å². The van der Waals surface area contributed by atoms with Gasteiger partial charge in [0.15, 0.2) is 0 Å². The third kappa shape index (κ3) is 1.10. The minimum atomic E-state index is 0.959.